The van der Waals surface area contributed by atoms with E-state index in [0.29, 0.717) is 0 Å². The molecule has 30 heavy (non-hydrogen) atoms. The molecule has 0 aliphatic rings. The SMILES string of the molecule is CC(=C=C(c1ccccc1)c1ccccc1)C(O)(c1ccccc1)c1ccccc1. The molecule has 1 N–H and O–H groups in total. The first-order valence-corrected chi connectivity index (χ1v) is 10.1. The molecule has 146 valence electrons. The van der Waals surface area contributed by atoms with Crippen molar-refractivity contribution in [1.82, 2.24) is 0 Å². The second-order valence-electron chi connectivity index (χ2n) is 7.30. The number of hydrogen-bond donors (Lipinski definition) is 1. The molecule has 0 atom stereocenters. The maximum atomic E-state index is 12.1. The Balaban J connectivity index is 2.01. The standard InChI is InChI=1S/C29H24O/c1-23(22-28(24-14-6-2-7-15-24)25-16-8-3-9-17-25)29(30,26-18-10-4-11-19-26)27-20-12-5-13-21-27/h2-21,30H,1H3. The van der Waals surface area contributed by atoms with Crippen LogP contribution in [0.1, 0.15) is 29.2 Å². The van der Waals surface area contributed by atoms with Crippen molar-refractivity contribution in [3.8, 4) is 0 Å². The van der Waals surface area contributed by atoms with Gasteiger partial charge in [0.25, 0.3) is 0 Å². The van der Waals surface area contributed by atoms with Gasteiger partial charge in [-0.3, -0.25) is 0 Å². The predicted molar refractivity (Wildman–Crippen MR) is 124 cm³/mol. The van der Waals surface area contributed by atoms with Crippen molar-refractivity contribution in [1.29, 1.82) is 0 Å². The van der Waals surface area contributed by atoms with Crippen LogP contribution in [0.4, 0.5) is 0 Å². The van der Waals surface area contributed by atoms with Crippen molar-refractivity contribution in [2.75, 3.05) is 0 Å². The van der Waals surface area contributed by atoms with Gasteiger partial charge in [0.2, 0.25) is 0 Å². The highest BCUT2D eigenvalue weighted by molar-refractivity contribution is 5.79. The number of hydrogen-bond acceptors (Lipinski definition) is 1. The molecule has 0 radical (unpaired) electrons. The minimum Gasteiger partial charge on any atom is -0.376 e. The van der Waals surface area contributed by atoms with E-state index < -0.39 is 5.60 Å². The molecule has 4 aromatic rings. The van der Waals surface area contributed by atoms with Gasteiger partial charge in [-0.15, -0.1) is 5.73 Å². The summed E-state index contributed by atoms with van der Waals surface area (Å²) in [6.07, 6.45) is 0. The summed E-state index contributed by atoms with van der Waals surface area (Å²) in [6.45, 7) is 1.95. The highest BCUT2D eigenvalue weighted by atomic mass is 16.3. The lowest BCUT2D eigenvalue weighted by Crippen LogP contribution is -2.28. The average Bonchev–Trinajstić information content (AvgIpc) is 2.84. The summed E-state index contributed by atoms with van der Waals surface area (Å²) in [5.74, 6) is 0. The van der Waals surface area contributed by atoms with Gasteiger partial charge in [-0.05, 0) is 29.2 Å². The van der Waals surface area contributed by atoms with E-state index in [4.69, 9.17) is 0 Å². The van der Waals surface area contributed by atoms with Crippen molar-refractivity contribution in [3.63, 3.8) is 0 Å². The van der Waals surface area contributed by atoms with Crippen LogP contribution in [0, 0.1) is 0 Å². The van der Waals surface area contributed by atoms with Crippen molar-refractivity contribution in [2.45, 2.75) is 12.5 Å². The summed E-state index contributed by atoms with van der Waals surface area (Å²) < 4.78 is 0. The van der Waals surface area contributed by atoms with Crippen LogP contribution in [0.25, 0.3) is 5.57 Å². The molecule has 0 unspecified atom stereocenters. The van der Waals surface area contributed by atoms with Crippen LogP contribution >= 0.6 is 0 Å². The molecule has 4 rings (SSSR count). The van der Waals surface area contributed by atoms with E-state index in [2.05, 4.69) is 30.0 Å². The Morgan fingerprint density at radius 3 is 1.27 bits per heavy atom. The highest BCUT2D eigenvalue weighted by Gasteiger charge is 2.33. The third-order valence-corrected chi connectivity index (χ3v) is 5.36. The molecule has 0 heterocycles. The summed E-state index contributed by atoms with van der Waals surface area (Å²) in [5.41, 5.74) is 7.75. The molecule has 4 aromatic carbocycles. The molecular formula is C29H24O. The fourth-order valence-electron chi connectivity index (χ4n) is 3.76. The first-order valence-electron chi connectivity index (χ1n) is 10.1. The van der Waals surface area contributed by atoms with Crippen LogP contribution in [0.5, 0.6) is 0 Å². The van der Waals surface area contributed by atoms with Crippen molar-refractivity contribution in [2.24, 2.45) is 0 Å². The maximum Gasteiger partial charge on any atom is 0.143 e. The third kappa shape index (κ3) is 3.90. The van der Waals surface area contributed by atoms with Crippen LogP contribution in [-0.2, 0) is 5.60 Å². The molecule has 0 saturated carbocycles. The highest BCUT2D eigenvalue weighted by Crippen LogP contribution is 2.37. The molecule has 0 aromatic heterocycles. The quantitative estimate of drug-likeness (QED) is 0.382. The van der Waals surface area contributed by atoms with Gasteiger partial charge < -0.3 is 5.11 Å². The summed E-state index contributed by atoms with van der Waals surface area (Å²) in [4.78, 5) is 0. The van der Waals surface area contributed by atoms with Crippen LogP contribution in [0.2, 0.25) is 0 Å². The van der Waals surface area contributed by atoms with Gasteiger partial charge in [0.05, 0.1) is 0 Å². The molecule has 0 amide bonds. The van der Waals surface area contributed by atoms with E-state index >= 15 is 0 Å². The Morgan fingerprint density at radius 1 is 0.567 bits per heavy atom. The summed E-state index contributed by atoms with van der Waals surface area (Å²) in [7, 11) is 0. The topological polar surface area (TPSA) is 20.2 Å². The average molecular weight is 389 g/mol. The number of benzene rings is 4. The van der Waals surface area contributed by atoms with Crippen LogP contribution in [0.15, 0.2) is 133 Å². The molecule has 0 aliphatic carbocycles. The molecular weight excluding hydrogens is 364 g/mol. The van der Waals surface area contributed by atoms with Crippen molar-refractivity contribution < 1.29 is 5.11 Å². The normalized spacial score (nSPS) is 10.9. The molecule has 1 heteroatoms. The van der Waals surface area contributed by atoms with E-state index in [1.54, 1.807) is 0 Å². The van der Waals surface area contributed by atoms with Gasteiger partial charge >= 0.3 is 0 Å². The first-order chi connectivity index (χ1) is 14.7. The van der Waals surface area contributed by atoms with E-state index in [-0.39, 0.29) is 0 Å². The van der Waals surface area contributed by atoms with Crippen LogP contribution < -0.4 is 0 Å². The predicted octanol–water partition coefficient (Wildman–Crippen LogP) is 6.60. The molecule has 0 saturated heterocycles. The number of aliphatic hydroxyl groups is 1. The smallest absolute Gasteiger partial charge is 0.143 e. The zero-order chi connectivity index (χ0) is 20.8. The fourth-order valence-corrected chi connectivity index (χ4v) is 3.76. The third-order valence-electron chi connectivity index (χ3n) is 5.36. The van der Waals surface area contributed by atoms with E-state index in [1.165, 1.54) is 0 Å². The molecule has 0 fully saturated rings. The van der Waals surface area contributed by atoms with Crippen molar-refractivity contribution in [3.05, 3.63) is 155 Å². The van der Waals surface area contributed by atoms with Gasteiger partial charge in [-0.25, -0.2) is 0 Å². The molecule has 0 bridgehead atoms. The lowest BCUT2D eigenvalue weighted by molar-refractivity contribution is 0.121. The first kappa shape index (κ1) is 19.7. The summed E-state index contributed by atoms with van der Waals surface area (Å²) >= 11 is 0. The molecule has 0 spiro atoms. The second-order valence-corrected chi connectivity index (χ2v) is 7.30. The Morgan fingerprint density at radius 2 is 0.900 bits per heavy atom. The van der Waals surface area contributed by atoms with Gasteiger partial charge in [-0.2, -0.15) is 0 Å². The Labute approximate surface area is 178 Å². The minimum atomic E-state index is -1.28. The molecule has 0 aliphatic heterocycles. The van der Waals surface area contributed by atoms with Gasteiger partial charge in [-0.1, -0.05) is 121 Å². The Bertz CT molecular complexity index is 1070. The van der Waals surface area contributed by atoms with Gasteiger partial charge in [0.15, 0.2) is 0 Å². The largest absolute Gasteiger partial charge is 0.376 e. The number of rotatable bonds is 5. The van der Waals surface area contributed by atoms with E-state index in [9.17, 15) is 5.11 Å². The zero-order valence-corrected chi connectivity index (χ0v) is 17.0. The monoisotopic (exact) mass is 388 g/mol. The van der Waals surface area contributed by atoms with E-state index in [0.717, 1.165) is 33.4 Å². The molecule has 1 nitrogen and oxygen atoms in total. The maximum absolute atomic E-state index is 12.1. The summed E-state index contributed by atoms with van der Waals surface area (Å²) in [6, 6.07) is 40.0. The lowest BCUT2D eigenvalue weighted by atomic mass is 9.80. The second kappa shape index (κ2) is 8.80. The van der Waals surface area contributed by atoms with Gasteiger partial charge in [0, 0.05) is 11.1 Å². The van der Waals surface area contributed by atoms with E-state index in [1.807, 2.05) is 104 Å². The van der Waals surface area contributed by atoms with Crippen LogP contribution in [-0.4, -0.2) is 5.11 Å². The Hall–Kier alpha value is -3.64. The fraction of sp³-hybridized carbons (Fsp3) is 0.0690. The lowest BCUT2D eigenvalue weighted by Gasteiger charge is -2.29. The Kier molecular flexibility index (Phi) is 5.77. The minimum absolute atomic E-state index is 0.739. The van der Waals surface area contributed by atoms with Gasteiger partial charge in [0.1, 0.15) is 5.60 Å². The summed E-state index contributed by atoms with van der Waals surface area (Å²) in [5, 5.41) is 12.1. The van der Waals surface area contributed by atoms with Crippen LogP contribution in [0.3, 0.4) is 0 Å². The zero-order valence-electron chi connectivity index (χ0n) is 17.0. The van der Waals surface area contributed by atoms with Crippen molar-refractivity contribution >= 4 is 5.57 Å².